The van der Waals surface area contributed by atoms with Crippen molar-refractivity contribution in [1.29, 1.82) is 0 Å². The third kappa shape index (κ3) is 3.59. The quantitative estimate of drug-likeness (QED) is 0.917. The predicted octanol–water partition coefficient (Wildman–Crippen LogP) is 3.41. The van der Waals surface area contributed by atoms with E-state index in [1.165, 1.54) is 42.4 Å². The predicted molar refractivity (Wildman–Crippen MR) is 83.1 cm³/mol. The van der Waals surface area contributed by atoms with Gasteiger partial charge in [-0.3, -0.25) is 4.90 Å². The lowest BCUT2D eigenvalue weighted by molar-refractivity contribution is 0.190. The maximum atomic E-state index is 3.75. The van der Waals surface area contributed by atoms with E-state index in [-0.39, 0.29) is 0 Å². The average Bonchev–Trinajstić information content (AvgIpc) is 3.19. The fourth-order valence-electron chi connectivity index (χ4n) is 3.06. The van der Waals surface area contributed by atoms with Crippen LogP contribution in [0.25, 0.3) is 0 Å². The Balaban J connectivity index is 1.69. The zero-order valence-corrected chi connectivity index (χ0v) is 13.2. The lowest BCUT2D eigenvalue weighted by Gasteiger charge is -2.29. The second-order valence-corrected chi connectivity index (χ2v) is 7.01. The molecule has 1 aromatic carbocycles. The van der Waals surface area contributed by atoms with Gasteiger partial charge in [-0.1, -0.05) is 28.1 Å². The van der Waals surface area contributed by atoms with Gasteiger partial charge < -0.3 is 5.32 Å². The Morgan fingerprint density at radius 1 is 1.32 bits per heavy atom. The monoisotopic (exact) mass is 322 g/mol. The molecule has 3 rings (SSSR count). The summed E-state index contributed by atoms with van der Waals surface area (Å²) in [6, 6.07) is 10.1. The molecule has 3 heteroatoms. The van der Waals surface area contributed by atoms with Crippen molar-refractivity contribution in [2.24, 2.45) is 5.92 Å². The van der Waals surface area contributed by atoms with Crippen LogP contribution in [0, 0.1) is 5.92 Å². The number of nitrogens with one attached hydrogen (secondary N) is 1. The van der Waals surface area contributed by atoms with E-state index >= 15 is 0 Å². The molecule has 0 amide bonds. The second-order valence-electron chi connectivity index (χ2n) is 6.10. The number of nitrogens with zero attached hydrogens (tertiary/aromatic N) is 1. The molecule has 1 saturated heterocycles. The maximum Gasteiger partial charge on any atom is 0.0237 e. The molecule has 104 valence electrons. The Bertz CT molecular complexity index is 431. The van der Waals surface area contributed by atoms with Crippen molar-refractivity contribution in [3.63, 3.8) is 0 Å². The van der Waals surface area contributed by atoms with Gasteiger partial charge in [-0.15, -0.1) is 0 Å². The number of hydrogen-bond donors (Lipinski definition) is 1. The van der Waals surface area contributed by atoms with Crippen molar-refractivity contribution < 1.29 is 0 Å². The summed E-state index contributed by atoms with van der Waals surface area (Å²) < 4.78 is 1.18. The summed E-state index contributed by atoms with van der Waals surface area (Å²) in [5.41, 5.74) is 1.41. The molecule has 1 aliphatic heterocycles. The molecule has 19 heavy (non-hydrogen) atoms. The molecule has 2 atom stereocenters. The minimum Gasteiger partial charge on any atom is -0.312 e. The Kier molecular flexibility index (Phi) is 4.25. The van der Waals surface area contributed by atoms with Crippen molar-refractivity contribution in [2.45, 2.75) is 44.8 Å². The molecular formula is C16H23BrN2. The molecule has 0 spiro atoms. The van der Waals surface area contributed by atoms with E-state index in [9.17, 15) is 0 Å². The molecule has 1 aromatic rings. The van der Waals surface area contributed by atoms with Gasteiger partial charge in [-0.2, -0.15) is 0 Å². The molecular weight excluding hydrogens is 300 g/mol. The molecule has 1 N–H and O–H groups in total. The van der Waals surface area contributed by atoms with Crippen molar-refractivity contribution in [3.8, 4) is 0 Å². The van der Waals surface area contributed by atoms with Gasteiger partial charge in [0.15, 0.2) is 0 Å². The van der Waals surface area contributed by atoms with E-state index in [0.29, 0.717) is 6.04 Å². The molecule has 2 nitrogen and oxygen atoms in total. The standard InChI is InChI=1S/C16H23BrN2/c1-12-7-8-18-16(14-5-6-14)11-19(12)10-13-3-2-4-15(17)9-13/h2-4,9,12,14,16,18H,5-8,10-11H2,1H3. The number of benzene rings is 1. The highest BCUT2D eigenvalue weighted by atomic mass is 79.9. The van der Waals surface area contributed by atoms with E-state index in [0.717, 1.165) is 18.5 Å². The molecule has 2 aliphatic rings. The third-order valence-corrected chi connectivity index (χ3v) is 4.98. The second kappa shape index (κ2) is 5.94. The van der Waals surface area contributed by atoms with Crippen LogP contribution in [0.3, 0.4) is 0 Å². The Morgan fingerprint density at radius 3 is 2.89 bits per heavy atom. The first-order valence-electron chi connectivity index (χ1n) is 7.44. The molecule has 2 fully saturated rings. The van der Waals surface area contributed by atoms with Crippen LogP contribution in [-0.2, 0) is 6.54 Å². The normalized spacial score (nSPS) is 29.2. The van der Waals surface area contributed by atoms with Gasteiger partial charge in [0.25, 0.3) is 0 Å². The van der Waals surface area contributed by atoms with Gasteiger partial charge in [0, 0.05) is 29.6 Å². The van der Waals surface area contributed by atoms with Crippen LogP contribution >= 0.6 is 15.9 Å². The lowest BCUT2D eigenvalue weighted by Crippen LogP contribution is -2.40. The molecule has 1 aliphatic carbocycles. The first kappa shape index (κ1) is 13.6. The molecule has 0 radical (unpaired) electrons. The van der Waals surface area contributed by atoms with Crippen LogP contribution < -0.4 is 5.32 Å². The van der Waals surface area contributed by atoms with Crippen LogP contribution in [0.4, 0.5) is 0 Å². The number of halogens is 1. The summed E-state index contributed by atoms with van der Waals surface area (Å²) in [4.78, 5) is 2.66. The van der Waals surface area contributed by atoms with Crippen molar-refractivity contribution in [1.82, 2.24) is 10.2 Å². The van der Waals surface area contributed by atoms with Crippen molar-refractivity contribution in [2.75, 3.05) is 13.1 Å². The first-order chi connectivity index (χ1) is 9.22. The van der Waals surface area contributed by atoms with Gasteiger partial charge in [-0.05, 0) is 56.3 Å². The highest BCUT2D eigenvalue weighted by Gasteiger charge is 2.34. The smallest absolute Gasteiger partial charge is 0.0237 e. The summed E-state index contributed by atoms with van der Waals surface area (Å²) in [5, 5.41) is 3.75. The van der Waals surface area contributed by atoms with Gasteiger partial charge >= 0.3 is 0 Å². The van der Waals surface area contributed by atoms with Gasteiger partial charge in [0.1, 0.15) is 0 Å². The molecule has 0 bridgehead atoms. The summed E-state index contributed by atoms with van der Waals surface area (Å²) in [6.07, 6.45) is 4.12. The Morgan fingerprint density at radius 2 is 2.16 bits per heavy atom. The van der Waals surface area contributed by atoms with Crippen LogP contribution in [0.2, 0.25) is 0 Å². The molecule has 0 aromatic heterocycles. The summed E-state index contributed by atoms with van der Waals surface area (Å²) in [5.74, 6) is 0.940. The fourth-order valence-corrected chi connectivity index (χ4v) is 3.51. The number of hydrogen-bond acceptors (Lipinski definition) is 2. The minimum absolute atomic E-state index is 0.676. The minimum atomic E-state index is 0.676. The van der Waals surface area contributed by atoms with Crippen LogP contribution in [-0.4, -0.2) is 30.1 Å². The summed E-state index contributed by atoms with van der Waals surface area (Å²) in [7, 11) is 0. The molecule has 1 saturated carbocycles. The van der Waals surface area contributed by atoms with Gasteiger partial charge in [0.05, 0.1) is 0 Å². The van der Waals surface area contributed by atoms with E-state index < -0.39 is 0 Å². The van der Waals surface area contributed by atoms with Crippen LogP contribution in [0.15, 0.2) is 28.7 Å². The molecule has 1 heterocycles. The SMILES string of the molecule is CC1CCNC(C2CC2)CN1Cc1cccc(Br)c1. The fraction of sp³-hybridized carbons (Fsp3) is 0.625. The summed E-state index contributed by atoms with van der Waals surface area (Å²) in [6.45, 7) is 5.83. The van der Waals surface area contributed by atoms with E-state index in [1.807, 2.05) is 0 Å². The maximum absolute atomic E-state index is 3.75. The van der Waals surface area contributed by atoms with Crippen molar-refractivity contribution in [3.05, 3.63) is 34.3 Å². The topological polar surface area (TPSA) is 15.3 Å². The zero-order valence-electron chi connectivity index (χ0n) is 11.6. The van der Waals surface area contributed by atoms with E-state index in [1.54, 1.807) is 0 Å². The van der Waals surface area contributed by atoms with Gasteiger partial charge in [-0.25, -0.2) is 0 Å². The molecule has 2 unspecified atom stereocenters. The largest absolute Gasteiger partial charge is 0.312 e. The first-order valence-corrected chi connectivity index (χ1v) is 8.23. The lowest BCUT2D eigenvalue weighted by atomic mass is 10.1. The van der Waals surface area contributed by atoms with E-state index in [2.05, 4.69) is 57.3 Å². The zero-order chi connectivity index (χ0) is 13.2. The Hall–Kier alpha value is -0.380. The Labute approximate surface area is 124 Å². The summed E-state index contributed by atoms with van der Waals surface area (Å²) >= 11 is 3.57. The number of rotatable bonds is 3. The average molecular weight is 323 g/mol. The van der Waals surface area contributed by atoms with E-state index in [4.69, 9.17) is 0 Å². The van der Waals surface area contributed by atoms with Crippen LogP contribution in [0.5, 0.6) is 0 Å². The third-order valence-electron chi connectivity index (χ3n) is 4.49. The highest BCUT2D eigenvalue weighted by molar-refractivity contribution is 9.10. The van der Waals surface area contributed by atoms with Crippen molar-refractivity contribution >= 4 is 15.9 Å². The highest BCUT2D eigenvalue weighted by Crippen LogP contribution is 2.34. The van der Waals surface area contributed by atoms with Gasteiger partial charge in [0.2, 0.25) is 0 Å². The van der Waals surface area contributed by atoms with Crippen LogP contribution in [0.1, 0.15) is 31.7 Å².